The van der Waals surface area contributed by atoms with Crippen molar-refractivity contribution in [3.05, 3.63) is 110 Å². The van der Waals surface area contributed by atoms with Gasteiger partial charge in [0, 0.05) is 5.69 Å². The van der Waals surface area contributed by atoms with E-state index in [1.807, 2.05) is 36.4 Å². The second-order valence-electron chi connectivity index (χ2n) is 8.13. The molecule has 3 N–H and O–H groups in total. The maximum Gasteiger partial charge on any atom is 2.00 e. The van der Waals surface area contributed by atoms with Crippen LogP contribution in [0.15, 0.2) is 66.3 Å². The van der Waals surface area contributed by atoms with E-state index >= 15 is 0 Å². The molecule has 0 radical (unpaired) electrons. The first-order chi connectivity index (χ1) is 15.4. The van der Waals surface area contributed by atoms with Crippen LogP contribution in [0.4, 0.5) is 5.69 Å². The summed E-state index contributed by atoms with van der Waals surface area (Å²) < 4.78 is 0. The predicted octanol–water partition coefficient (Wildman–Crippen LogP) is 2.42. The normalized spacial score (nSPS) is 15.6. The molecule has 0 bridgehead atoms. The average Bonchev–Trinajstić information content (AvgIpc) is 2.79. The Kier molecular flexibility index (Phi) is 14.3. The van der Waals surface area contributed by atoms with Gasteiger partial charge in [-0.15, -0.1) is 12.6 Å². The zero-order valence-electron chi connectivity index (χ0n) is 19.9. The van der Waals surface area contributed by atoms with Gasteiger partial charge in [0.2, 0.25) is 0 Å². The first-order valence-corrected chi connectivity index (χ1v) is 10.9. The number of hydrogen-bond donors (Lipinski definition) is 3. The van der Waals surface area contributed by atoms with Crippen molar-refractivity contribution in [1.82, 2.24) is 5.32 Å². The molecule has 1 aliphatic carbocycles. The van der Waals surface area contributed by atoms with Crippen LogP contribution in [0, 0.1) is 63.7 Å². The molecule has 34 heavy (non-hydrogen) atoms. The van der Waals surface area contributed by atoms with Crippen LogP contribution in [0.1, 0.15) is 36.0 Å². The molecule has 0 fully saturated rings. The molecule has 0 saturated carbocycles. The topological polar surface area (TPSA) is 61.4 Å². The number of fused-ring (bicyclic) bond motifs is 1. The summed E-state index contributed by atoms with van der Waals surface area (Å²) in [5.74, 6) is -1.13. The quantitative estimate of drug-likeness (QED) is 0.117. The van der Waals surface area contributed by atoms with Gasteiger partial charge >= 0.3 is 82.5 Å². The average molecular weight is 704 g/mol. The summed E-state index contributed by atoms with van der Waals surface area (Å²) in [7, 11) is 0. The summed E-state index contributed by atoms with van der Waals surface area (Å²) >= 11 is 0. The van der Waals surface area contributed by atoms with Crippen molar-refractivity contribution in [3.8, 4) is 0 Å². The van der Waals surface area contributed by atoms with Crippen LogP contribution in [0.3, 0.4) is 0 Å². The minimum atomic E-state index is -1.10. The molecule has 0 spiro atoms. The second kappa shape index (κ2) is 15.5. The Morgan fingerprint density at radius 1 is 1.21 bits per heavy atom. The van der Waals surface area contributed by atoms with Gasteiger partial charge in [-0.05, 0) is 47.4 Å². The van der Waals surface area contributed by atoms with Gasteiger partial charge in [-0.3, -0.25) is 5.57 Å². The third-order valence-corrected chi connectivity index (χ3v) is 5.78. The molecular weight excluding hydrogens is 673 g/mol. The number of hydrogen-bond acceptors (Lipinski definition) is 3. The molecule has 1 aliphatic rings. The van der Waals surface area contributed by atoms with E-state index < -0.39 is 5.97 Å². The maximum atomic E-state index is 11.9. The SMILES string of the molecule is [CH-]=C(C(=[C-]NC(=C)c1ccc(NC([CH2-])CC[CH2-])cc1)C(=O)O)C1CCc2ccccc2C1.[K+].[U+2]. The van der Waals surface area contributed by atoms with Crippen molar-refractivity contribution in [1.29, 1.82) is 0 Å². The molecule has 4 nitrogen and oxygen atoms in total. The number of carbonyl (C=O) groups is 1. The number of nitrogens with one attached hydrogen (secondary N) is 2. The third-order valence-electron chi connectivity index (χ3n) is 5.78. The van der Waals surface area contributed by atoms with Crippen molar-refractivity contribution >= 4 is 17.4 Å². The van der Waals surface area contributed by atoms with E-state index in [0.717, 1.165) is 43.4 Å². The monoisotopic (exact) mass is 703 g/mol. The molecule has 0 saturated heterocycles. The Morgan fingerprint density at radius 2 is 1.85 bits per heavy atom. The third kappa shape index (κ3) is 8.82. The van der Waals surface area contributed by atoms with Crippen molar-refractivity contribution in [2.75, 3.05) is 5.32 Å². The molecule has 0 aromatic heterocycles. The molecule has 2 aromatic rings. The Hall–Kier alpha value is -0.582. The fourth-order valence-electron chi connectivity index (χ4n) is 3.95. The van der Waals surface area contributed by atoms with E-state index in [2.05, 4.69) is 49.4 Å². The largest absolute Gasteiger partial charge is 2.00 e. The number of aryl methyl sites for hydroxylation is 1. The Morgan fingerprint density at radius 3 is 2.47 bits per heavy atom. The minimum absolute atomic E-state index is 0. The summed E-state index contributed by atoms with van der Waals surface area (Å²) in [6, 6.07) is 16.0. The molecule has 0 amide bonds. The molecule has 6 heteroatoms. The van der Waals surface area contributed by atoms with Gasteiger partial charge in [0.15, 0.2) is 5.97 Å². The van der Waals surface area contributed by atoms with Gasteiger partial charge < -0.3 is 41.0 Å². The molecular formula is C28H30KN2O2U-. The van der Waals surface area contributed by atoms with Gasteiger partial charge in [0.05, 0.1) is 0 Å². The number of carboxylic acid groups (broad SMARTS) is 1. The van der Waals surface area contributed by atoms with Crippen molar-refractivity contribution in [2.45, 2.75) is 38.1 Å². The minimum Gasteiger partial charge on any atom is -0.534 e. The maximum absolute atomic E-state index is 11.9. The van der Waals surface area contributed by atoms with Crippen LogP contribution in [-0.2, 0) is 17.6 Å². The standard InChI is InChI=1S/C28H30N2O2.K.U/c1-5-8-19(2)30-26-15-13-22(14-16-26)21(4)29-18-27(28(31)32)20(3)24-12-11-23-9-6-7-10-25(23)17-24;;/h3,6-7,9-10,13-16,19,24,29-30H,1-2,4-5,8,11-12,17H2,(H,31,32);;/q-4;+1;+2. The first-order valence-electron chi connectivity index (χ1n) is 10.9. The van der Waals surface area contributed by atoms with Crippen LogP contribution >= 0.6 is 0 Å². The number of rotatable bonds is 10. The van der Waals surface area contributed by atoms with Crippen LogP contribution in [0.2, 0.25) is 0 Å². The molecule has 170 valence electrons. The molecule has 2 unspecified atom stereocenters. The van der Waals surface area contributed by atoms with Gasteiger partial charge in [0.1, 0.15) is 0 Å². The van der Waals surface area contributed by atoms with E-state index in [1.165, 1.54) is 11.1 Å². The zero-order valence-corrected chi connectivity index (χ0v) is 27.1. The Labute approximate surface area is 270 Å². The summed E-state index contributed by atoms with van der Waals surface area (Å²) in [6.07, 6.45) is 6.92. The molecule has 0 aliphatic heterocycles. The van der Waals surface area contributed by atoms with Crippen molar-refractivity contribution < 1.29 is 92.4 Å². The predicted molar refractivity (Wildman–Crippen MR) is 130 cm³/mol. The van der Waals surface area contributed by atoms with Crippen LogP contribution in [-0.4, -0.2) is 17.1 Å². The van der Waals surface area contributed by atoms with Crippen molar-refractivity contribution in [2.24, 2.45) is 5.92 Å². The molecule has 2 aromatic carbocycles. The van der Waals surface area contributed by atoms with Gasteiger partial charge in [0.25, 0.3) is 0 Å². The number of anilines is 1. The zero-order chi connectivity index (χ0) is 23.1. The fourth-order valence-corrected chi connectivity index (χ4v) is 3.95. The van der Waals surface area contributed by atoms with Crippen LogP contribution < -0.4 is 62.0 Å². The van der Waals surface area contributed by atoms with Crippen LogP contribution in [0.25, 0.3) is 5.70 Å². The van der Waals surface area contributed by atoms with E-state index in [-0.39, 0.29) is 100 Å². The van der Waals surface area contributed by atoms with E-state index in [0.29, 0.717) is 11.3 Å². The number of carboxylic acids is 1. The molecule has 0 heterocycles. The number of benzene rings is 2. The smallest absolute Gasteiger partial charge is 0.534 e. The first kappa shape index (κ1) is 31.4. The van der Waals surface area contributed by atoms with E-state index in [1.54, 1.807) is 0 Å². The van der Waals surface area contributed by atoms with Gasteiger partial charge in [-0.25, -0.2) is 5.57 Å². The summed E-state index contributed by atoms with van der Waals surface area (Å²) in [6.45, 7) is 18.2. The molecule has 3 rings (SSSR count). The van der Waals surface area contributed by atoms with Crippen molar-refractivity contribution in [3.63, 3.8) is 0 Å². The second-order valence-corrected chi connectivity index (χ2v) is 8.13. The van der Waals surface area contributed by atoms with Gasteiger partial charge in [-0.1, -0.05) is 55.2 Å². The summed E-state index contributed by atoms with van der Waals surface area (Å²) in [4.78, 5) is 11.9. The number of aliphatic carboxylic acids is 1. The van der Waals surface area contributed by atoms with E-state index in [4.69, 9.17) is 6.58 Å². The van der Waals surface area contributed by atoms with Crippen LogP contribution in [0.5, 0.6) is 0 Å². The molecule has 2 atom stereocenters. The van der Waals surface area contributed by atoms with E-state index in [9.17, 15) is 9.90 Å². The summed E-state index contributed by atoms with van der Waals surface area (Å²) in [5, 5.41) is 15.9. The van der Waals surface area contributed by atoms with Gasteiger partial charge in [-0.2, -0.15) is 12.6 Å². The fraction of sp³-hybridized carbons (Fsp3) is 0.250. The Bertz CT molecular complexity index is 1020. The summed E-state index contributed by atoms with van der Waals surface area (Å²) in [5.41, 5.74) is 5.16. The Balaban J connectivity index is 0.00000289.